The van der Waals surface area contributed by atoms with E-state index in [1.54, 1.807) is 6.07 Å². The molecular weight excluding hydrogens is 251 g/mol. The van der Waals surface area contributed by atoms with Crippen LogP contribution in [0.5, 0.6) is 5.75 Å². The van der Waals surface area contributed by atoms with Crippen molar-refractivity contribution in [3.63, 3.8) is 0 Å². The molecule has 0 atom stereocenters. The van der Waals surface area contributed by atoms with Gasteiger partial charge in [0.05, 0.1) is 5.02 Å². The molecule has 82 valence electrons. The molecule has 16 heavy (non-hydrogen) atoms. The van der Waals surface area contributed by atoms with Crippen LogP contribution >= 0.6 is 23.2 Å². The molecule has 6 heteroatoms. The van der Waals surface area contributed by atoms with Crippen LogP contribution in [0.3, 0.4) is 0 Å². The molecule has 0 unspecified atom stereocenters. The fourth-order valence-corrected chi connectivity index (χ4v) is 1.55. The van der Waals surface area contributed by atoms with Gasteiger partial charge in [0.15, 0.2) is 0 Å². The first kappa shape index (κ1) is 12.4. The van der Waals surface area contributed by atoms with Crippen molar-refractivity contribution in [2.45, 2.75) is 0 Å². The summed E-state index contributed by atoms with van der Waals surface area (Å²) in [6, 6.07) is 4.23. The highest BCUT2D eigenvalue weighted by Crippen LogP contribution is 2.31. The van der Waals surface area contributed by atoms with Gasteiger partial charge >= 0.3 is 0 Å². The maximum Gasteiger partial charge on any atom is 0.259 e. The summed E-state index contributed by atoms with van der Waals surface area (Å²) in [5, 5.41) is 18.5. The third-order valence-corrected chi connectivity index (χ3v) is 2.28. The zero-order valence-electron chi connectivity index (χ0n) is 7.87. The fourth-order valence-electron chi connectivity index (χ4n) is 1.02. The van der Waals surface area contributed by atoms with Crippen LogP contribution in [0.1, 0.15) is 5.56 Å². The first-order valence-electron chi connectivity index (χ1n) is 4.05. The number of carbonyl (C=O) groups excluding carboxylic acids is 1. The number of primary amides is 1. The van der Waals surface area contributed by atoms with Crippen molar-refractivity contribution in [2.24, 2.45) is 5.73 Å². The van der Waals surface area contributed by atoms with Gasteiger partial charge in [0.2, 0.25) is 0 Å². The monoisotopic (exact) mass is 256 g/mol. The summed E-state index contributed by atoms with van der Waals surface area (Å²) in [7, 11) is 0. The number of carbonyl (C=O) groups is 1. The number of aromatic hydroxyl groups is 1. The van der Waals surface area contributed by atoms with E-state index in [9.17, 15) is 9.90 Å². The van der Waals surface area contributed by atoms with Crippen LogP contribution in [-0.4, -0.2) is 11.0 Å². The second-order valence-corrected chi connectivity index (χ2v) is 3.70. The van der Waals surface area contributed by atoms with E-state index in [4.69, 9.17) is 34.2 Å². The number of nitrogens with zero attached hydrogens (tertiary/aromatic N) is 1. The summed E-state index contributed by atoms with van der Waals surface area (Å²) >= 11 is 11.4. The van der Waals surface area contributed by atoms with Crippen LogP contribution in [0.4, 0.5) is 0 Å². The van der Waals surface area contributed by atoms with Gasteiger partial charge in [-0.25, -0.2) is 0 Å². The smallest absolute Gasteiger partial charge is 0.259 e. The van der Waals surface area contributed by atoms with Crippen LogP contribution in [0, 0.1) is 11.3 Å². The lowest BCUT2D eigenvalue weighted by atomic mass is 10.1. The number of phenolic OH excluding ortho intramolecular Hbond substituents is 1. The highest BCUT2D eigenvalue weighted by Gasteiger charge is 2.10. The highest BCUT2D eigenvalue weighted by atomic mass is 35.5. The van der Waals surface area contributed by atoms with E-state index in [0.717, 1.165) is 6.08 Å². The molecule has 0 bridgehead atoms. The van der Waals surface area contributed by atoms with E-state index >= 15 is 0 Å². The number of hydrogen-bond acceptors (Lipinski definition) is 3. The Morgan fingerprint density at radius 1 is 1.50 bits per heavy atom. The van der Waals surface area contributed by atoms with E-state index < -0.39 is 5.91 Å². The van der Waals surface area contributed by atoms with Gasteiger partial charge in [0.25, 0.3) is 5.91 Å². The first-order valence-corrected chi connectivity index (χ1v) is 4.81. The zero-order chi connectivity index (χ0) is 12.3. The van der Waals surface area contributed by atoms with E-state index in [1.807, 2.05) is 0 Å². The normalized spacial score (nSPS) is 10.9. The van der Waals surface area contributed by atoms with Gasteiger partial charge < -0.3 is 10.8 Å². The predicted molar refractivity (Wildman–Crippen MR) is 60.9 cm³/mol. The standard InChI is InChI=1S/C10H6Cl2N2O2/c11-6-2-8(12)7(9(15)3-6)1-5(4-13)10(14)16/h1-3,15H,(H2,14,16)/b5-1+. The summed E-state index contributed by atoms with van der Waals surface area (Å²) in [4.78, 5) is 10.8. The first-order chi connectivity index (χ1) is 7.45. The van der Waals surface area contributed by atoms with Crippen LogP contribution < -0.4 is 5.73 Å². The summed E-state index contributed by atoms with van der Waals surface area (Å²) < 4.78 is 0. The number of rotatable bonds is 2. The molecule has 0 aromatic heterocycles. The van der Waals surface area contributed by atoms with Crippen LogP contribution in [-0.2, 0) is 4.79 Å². The molecular formula is C10H6Cl2N2O2. The van der Waals surface area contributed by atoms with E-state index in [2.05, 4.69) is 0 Å². The van der Waals surface area contributed by atoms with E-state index in [0.29, 0.717) is 0 Å². The van der Waals surface area contributed by atoms with Gasteiger partial charge in [-0.2, -0.15) is 5.26 Å². The van der Waals surface area contributed by atoms with Crippen LogP contribution in [0.25, 0.3) is 6.08 Å². The number of nitrogens with two attached hydrogens (primary N) is 1. The number of benzene rings is 1. The molecule has 3 N–H and O–H groups in total. The average Bonchev–Trinajstić information content (AvgIpc) is 2.15. The lowest BCUT2D eigenvalue weighted by molar-refractivity contribution is -0.114. The topological polar surface area (TPSA) is 87.1 Å². The molecule has 0 aliphatic rings. The minimum atomic E-state index is -0.895. The summed E-state index contributed by atoms with van der Waals surface area (Å²) in [6.45, 7) is 0. The molecule has 0 saturated heterocycles. The van der Waals surface area contributed by atoms with Crippen molar-refractivity contribution < 1.29 is 9.90 Å². The molecule has 0 radical (unpaired) electrons. The number of halogens is 2. The molecule has 0 saturated carbocycles. The fraction of sp³-hybridized carbons (Fsp3) is 0. The molecule has 1 aromatic rings. The lowest BCUT2D eigenvalue weighted by Gasteiger charge is -2.03. The maximum absolute atomic E-state index is 10.8. The summed E-state index contributed by atoms with van der Waals surface area (Å²) in [5.41, 5.74) is 4.76. The molecule has 1 rings (SSSR count). The van der Waals surface area contributed by atoms with Gasteiger partial charge in [0.1, 0.15) is 17.4 Å². The number of phenols is 1. The Morgan fingerprint density at radius 3 is 2.56 bits per heavy atom. The Bertz CT molecular complexity index is 495. The minimum absolute atomic E-state index is 0.124. The Balaban J connectivity index is 3.36. The maximum atomic E-state index is 10.8. The number of amides is 1. The van der Waals surface area contributed by atoms with Crippen molar-refractivity contribution in [1.29, 1.82) is 5.26 Å². The van der Waals surface area contributed by atoms with Crippen molar-refractivity contribution in [3.8, 4) is 11.8 Å². The SMILES string of the molecule is N#C/C(=C\c1c(O)cc(Cl)cc1Cl)C(N)=O. The molecule has 1 amide bonds. The zero-order valence-corrected chi connectivity index (χ0v) is 9.38. The van der Waals surface area contributed by atoms with Crippen LogP contribution in [0.2, 0.25) is 10.0 Å². The molecule has 0 fully saturated rings. The Morgan fingerprint density at radius 2 is 2.12 bits per heavy atom. The molecule has 0 heterocycles. The van der Waals surface area contributed by atoms with E-state index in [-0.39, 0.29) is 26.9 Å². The summed E-state index contributed by atoms with van der Waals surface area (Å²) in [6.07, 6.45) is 1.11. The molecule has 0 aliphatic carbocycles. The molecule has 0 aliphatic heterocycles. The van der Waals surface area contributed by atoms with Crippen molar-refractivity contribution in [2.75, 3.05) is 0 Å². The number of hydrogen-bond donors (Lipinski definition) is 2. The predicted octanol–water partition coefficient (Wildman–Crippen LogP) is 2.09. The quantitative estimate of drug-likeness (QED) is 0.628. The summed E-state index contributed by atoms with van der Waals surface area (Å²) in [5.74, 6) is -1.13. The molecule has 0 spiro atoms. The third kappa shape index (κ3) is 2.66. The van der Waals surface area contributed by atoms with Gasteiger partial charge in [0, 0.05) is 10.6 Å². The van der Waals surface area contributed by atoms with Crippen molar-refractivity contribution >= 4 is 35.2 Å². The Kier molecular flexibility index (Phi) is 3.78. The second-order valence-electron chi connectivity index (χ2n) is 2.85. The molecule has 4 nitrogen and oxygen atoms in total. The second kappa shape index (κ2) is 4.88. The Labute approximate surface area is 101 Å². The van der Waals surface area contributed by atoms with Gasteiger partial charge in [-0.3, -0.25) is 4.79 Å². The van der Waals surface area contributed by atoms with Crippen molar-refractivity contribution in [3.05, 3.63) is 33.3 Å². The van der Waals surface area contributed by atoms with Gasteiger partial charge in [-0.1, -0.05) is 23.2 Å². The van der Waals surface area contributed by atoms with Crippen LogP contribution in [0.15, 0.2) is 17.7 Å². The number of nitriles is 1. The lowest BCUT2D eigenvalue weighted by Crippen LogP contribution is -2.12. The van der Waals surface area contributed by atoms with Gasteiger partial charge in [-0.15, -0.1) is 0 Å². The van der Waals surface area contributed by atoms with Gasteiger partial charge in [-0.05, 0) is 18.2 Å². The Hall–Kier alpha value is -1.70. The largest absolute Gasteiger partial charge is 0.507 e. The minimum Gasteiger partial charge on any atom is -0.507 e. The third-order valence-electron chi connectivity index (χ3n) is 1.75. The molecule has 1 aromatic carbocycles. The van der Waals surface area contributed by atoms with E-state index in [1.165, 1.54) is 12.1 Å². The average molecular weight is 257 g/mol. The van der Waals surface area contributed by atoms with Crippen molar-refractivity contribution in [1.82, 2.24) is 0 Å². The highest BCUT2D eigenvalue weighted by molar-refractivity contribution is 6.36.